The fourth-order valence-corrected chi connectivity index (χ4v) is 1.44. The summed E-state index contributed by atoms with van der Waals surface area (Å²) in [6.45, 7) is 5.58. The summed E-state index contributed by atoms with van der Waals surface area (Å²) in [5.74, 6) is 0. The molecule has 0 aliphatic heterocycles. The Morgan fingerprint density at radius 3 is 2.21 bits per heavy atom. The van der Waals surface area contributed by atoms with Crippen molar-refractivity contribution in [1.82, 2.24) is 0 Å². The Labute approximate surface area is 93.6 Å². The minimum atomic E-state index is 0. The van der Waals surface area contributed by atoms with Crippen molar-refractivity contribution in [2.24, 2.45) is 0 Å². The fraction of sp³-hybridized carbons (Fsp3) is 0.583. The summed E-state index contributed by atoms with van der Waals surface area (Å²) in [5, 5.41) is 0. The van der Waals surface area contributed by atoms with Crippen LogP contribution in [0.5, 0.6) is 0 Å². The van der Waals surface area contributed by atoms with Crippen molar-refractivity contribution >= 4 is 0 Å². The predicted molar refractivity (Wildman–Crippen MR) is 55.5 cm³/mol. The van der Waals surface area contributed by atoms with Gasteiger partial charge in [0, 0.05) is 18.6 Å². The molecule has 1 nitrogen and oxygen atoms in total. The van der Waals surface area contributed by atoms with Gasteiger partial charge in [0.2, 0.25) is 0 Å². The molecule has 0 unspecified atom stereocenters. The normalized spacial score (nSPS) is 9.57. The van der Waals surface area contributed by atoms with Crippen molar-refractivity contribution < 1.29 is 17.0 Å². The van der Waals surface area contributed by atoms with E-state index >= 15 is 0 Å². The zero-order chi connectivity index (χ0) is 9.52. The number of rotatable bonds is 5. The van der Waals surface area contributed by atoms with Crippen LogP contribution in [0, 0.1) is 0 Å². The van der Waals surface area contributed by atoms with E-state index in [1.54, 1.807) is 0 Å². The molecule has 0 aromatic carbocycles. The van der Waals surface area contributed by atoms with Crippen LogP contribution in [0.25, 0.3) is 0 Å². The SMILES string of the molecule is CCCCc1cc[n+](CCC)cc1.[Cl-]. The predicted octanol–water partition coefficient (Wildman–Crippen LogP) is -0.269. The van der Waals surface area contributed by atoms with Gasteiger partial charge in [-0.15, -0.1) is 0 Å². The Kier molecular flexibility index (Phi) is 7.50. The standard InChI is InChI=1S/C12H20N.ClH/c1-3-5-6-12-7-10-13(9-4-2)11-8-12;/h7-8,10-11H,3-6,9H2,1-2H3;1H/q+1;/p-1. The molecule has 0 aliphatic carbocycles. The number of unbranched alkanes of at least 4 members (excludes halogenated alkanes) is 1. The number of aryl methyl sites for hydroxylation is 2. The molecule has 0 aliphatic rings. The molecule has 0 atom stereocenters. The van der Waals surface area contributed by atoms with E-state index in [0.717, 1.165) is 6.54 Å². The van der Waals surface area contributed by atoms with Crippen molar-refractivity contribution in [2.45, 2.75) is 46.1 Å². The van der Waals surface area contributed by atoms with E-state index in [9.17, 15) is 0 Å². The number of hydrogen-bond acceptors (Lipinski definition) is 0. The highest BCUT2D eigenvalue weighted by Gasteiger charge is 1.98. The van der Waals surface area contributed by atoms with Crippen molar-refractivity contribution in [1.29, 1.82) is 0 Å². The number of nitrogens with zero attached hydrogens (tertiary/aromatic N) is 1. The average molecular weight is 214 g/mol. The van der Waals surface area contributed by atoms with Gasteiger partial charge >= 0.3 is 0 Å². The van der Waals surface area contributed by atoms with Gasteiger partial charge in [0.1, 0.15) is 6.54 Å². The van der Waals surface area contributed by atoms with Gasteiger partial charge in [-0.3, -0.25) is 0 Å². The first-order chi connectivity index (χ1) is 6.36. The fourth-order valence-electron chi connectivity index (χ4n) is 1.44. The monoisotopic (exact) mass is 213 g/mol. The minimum absolute atomic E-state index is 0. The third-order valence-electron chi connectivity index (χ3n) is 2.26. The first-order valence-electron chi connectivity index (χ1n) is 5.34. The Bertz CT molecular complexity index is 231. The molecule has 14 heavy (non-hydrogen) atoms. The second kappa shape index (κ2) is 7.81. The van der Waals surface area contributed by atoms with Crippen LogP contribution in [0.1, 0.15) is 38.7 Å². The quantitative estimate of drug-likeness (QED) is 0.594. The highest BCUT2D eigenvalue weighted by molar-refractivity contribution is 5.06. The van der Waals surface area contributed by atoms with Gasteiger partial charge in [-0.05, 0) is 18.4 Å². The van der Waals surface area contributed by atoms with E-state index in [1.807, 2.05) is 0 Å². The average Bonchev–Trinajstić information content (AvgIpc) is 2.17. The molecule has 0 N–H and O–H groups in total. The van der Waals surface area contributed by atoms with E-state index in [-0.39, 0.29) is 12.4 Å². The summed E-state index contributed by atoms with van der Waals surface area (Å²) in [6, 6.07) is 4.48. The van der Waals surface area contributed by atoms with Crippen LogP contribution >= 0.6 is 0 Å². The Balaban J connectivity index is 0.00000169. The largest absolute Gasteiger partial charge is 1.00 e. The van der Waals surface area contributed by atoms with Crippen LogP contribution in [-0.2, 0) is 13.0 Å². The lowest BCUT2D eigenvalue weighted by molar-refractivity contribution is -0.697. The smallest absolute Gasteiger partial charge is 0.169 e. The number of pyridine rings is 1. The van der Waals surface area contributed by atoms with Crippen molar-refractivity contribution in [3.8, 4) is 0 Å². The molecule has 1 heterocycles. The van der Waals surface area contributed by atoms with Crippen molar-refractivity contribution in [3.63, 3.8) is 0 Å². The highest BCUT2D eigenvalue weighted by Crippen LogP contribution is 2.01. The summed E-state index contributed by atoms with van der Waals surface area (Å²) < 4.78 is 2.25. The molecule has 0 bridgehead atoms. The second-order valence-corrected chi connectivity index (χ2v) is 3.55. The third kappa shape index (κ3) is 4.61. The molecule has 1 rings (SSSR count). The second-order valence-electron chi connectivity index (χ2n) is 3.55. The van der Waals surface area contributed by atoms with Gasteiger partial charge in [0.25, 0.3) is 0 Å². The molecular formula is C12H20ClN. The lowest BCUT2D eigenvalue weighted by Gasteiger charge is -1.98. The van der Waals surface area contributed by atoms with Crippen LogP contribution in [0.3, 0.4) is 0 Å². The minimum Gasteiger partial charge on any atom is -1.00 e. The van der Waals surface area contributed by atoms with Crippen LogP contribution < -0.4 is 17.0 Å². The zero-order valence-electron chi connectivity index (χ0n) is 9.17. The zero-order valence-corrected chi connectivity index (χ0v) is 9.93. The Hall–Kier alpha value is -0.560. The summed E-state index contributed by atoms with van der Waals surface area (Å²) in [7, 11) is 0. The molecule has 0 saturated heterocycles. The van der Waals surface area contributed by atoms with Gasteiger partial charge in [-0.2, -0.15) is 0 Å². The van der Waals surface area contributed by atoms with Gasteiger partial charge in [0.15, 0.2) is 12.4 Å². The molecule has 0 amide bonds. The third-order valence-corrected chi connectivity index (χ3v) is 2.26. The molecule has 0 fully saturated rings. The van der Waals surface area contributed by atoms with Crippen LogP contribution in [0.2, 0.25) is 0 Å². The van der Waals surface area contributed by atoms with Crippen LogP contribution in [0.15, 0.2) is 24.5 Å². The summed E-state index contributed by atoms with van der Waals surface area (Å²) in [5.41, 5.74) is 1.47. The maximum absolute atomic E-state index is 2.25. The number of aromatic nitrogens is 1. The molecule has 2 heteroatoms. The topological polar surface area (TPSA) is 3.88 Å². The van der Waals surface area contributed by atoms with E-state index in [1.165, 1.54) is 31.2 Å². The maximum Gasteiger partial charge on any atom is 0.169 e. The Morgan fingerprint density at radius 2 is 1.71 bits per heavy atom. The van der Waals surface area contributed by atoms with Gasteiger partial charge in [-0.1, -0.05) is 20.3 Å². The van der Waals surface area contributed by atoms with E-state index in [4.69, 9.17) is 0 Å². The molecule has 0 radical (unpaired) electrons. The van der Waals surface area contributed by atoms with Gasteiger partial charge < -0.3 is 12.4 Å². The lowest BCUT2D eigenvalue weighted by Crippen LogP contribution is -3.00. The molecule has 1 aromatic rings. The molecule has 1 aromatic heterocycles. The van der Waals surface area contributed by atoms with Crippen LogP contribution in [0.4, 0.5) is 0 Å². The number of hydrogen-bond donors (Lipinski definition) is 0. The van der Waals surface area contributed by atoms with E-state index in [0.29, 0.717) is 0 Å². The maximum atomic E-state index is 2.25. The van der Waals surface area contributed by atoms with Crippen molar-refractivity contribution in [2.75, 3.05) is 0 Å². The summed E-state index contributed by atoms with van der Waals surface area (Å²) in [6.07, 6.45) is 9.40. The molecule has 0 saturated carbocycles. The van der Waals surface area contributed by atoms with Gasteiger partial charge in [-0.25, -0.2) is 4.57 Å². The lowest BCUT2D eigenvalue weighted by atomic mass is 10.1. The van der Waals surface area contributed by atoms with Gasteiger partial charge in [0.05, 0.1) is 0 Å². The molecule has 0 spiro atoms. The summed E-state index contributed by atoms with van der Waals surface area (Å²) in [4.78, 5) is 0. The van der Waals surface area contributed by atoms with Crippen LogP contribution in [-0.4, -0.2) is 0 Å². The summed E-state index contributed by atoms with van der Waals surface area (Å²) >= 11 is 0. The van der Waals surface area contributed by atoms with E-state index in [2.05, 4.69) is 42.9 Å². The number of halogens is 1. The molecular weight excluding hydrogens is 194 g/mol. The first-order valence-corrected chi connectivity index (χ1v) is 5.34. The highest BCUT2D eigenvalue weighted by atomic mass is 35.5. The first kappa shape index (κ1) is 13.4. The van der Waals surface area contributed by atoms with Crippen molar-refractivity contribution in [3.05, 3.63) is 30.1 Å². The molecule has 80 valence electrons. The van der Waals surface area contributed by atoms with E-state index < -0.39 is 0 Å². The Morgan fingerprint density at radius 1 is 1.07 bits per heavy atom.